The van der Waals surface area contributed by atoms with Crippen LogP contribution in [0.15, 0.2) is 48.5 Å². The van der Waals surface area contributed by atoms with Gasteiger partial charge in [-0.1, -0.05) is 79.8 Å². The van der Waals surface area contributed by atoms with Gasteiger partial charge in [-0.3, -0.25) is 0 Å². The predicted octanol–water partition coefficient (Wildman–Crippen LogP) is 5.57. The molecule has 0 bridgehead atoms. The number of para-hydroxylation sites is 1. The van der Waals surface area contributed by atoms with Gasteiger partial charge in [-0.05, 0) is 35.2 Å². The summed E-state index contributed by atoms with van der Waals surface area (Å²) < 4.78 is 14.5. The fourth-order valence-electron chi connectivity index (χ4n) is 2.46. The van der Waals surface area contributed by atoms with E-state index in [4.69, 9.17) is 49.0 Å². The second-order valence-corrected chi connectivity index (χ2v) is 9.34. The van der Waals surface area contributed by atoms with Gasteiger partial charge in [0.1, 0.15) is 5.75 Å². The molecule has 0 saturated carbocycles. The molecule has 1 aliphatic rings. The third kappa shape index (κ3) is 4.21. The molecule has 1 atom stereocenters. The first-order valence-electron chi connectivity index (χ1n) is 8.14. The van der Waals surface area contributed by atoms with Gasteiger partial charge in [-0.2, -0.15) is 0 Å². The second kappa shape index (κ2) is 6.97. The Kier molecular flexibility index (Phi) is 5.14. The first-order chi connectivity index (χ1) is 12.5. The van der Waals surface area contributed by atoms with Crippen LogP contribution in [0.3, 0.4) is 0 Å². The summed E-state index contributed by atoms with van der Waals surface area (Å²) in [6.45, 7) is 6.17. The smallest absolute Gasteiger partial charge is 0.418 e. The molecule has 3 rings (SSSR count). The van der Waals surface area contributed by atoms with E-state index < -0.39 is 15.8 Å². The monoisotopic (exact) mass is 429 g/mol. The summed E-state index contributed by atoms with van der Waals surface area (Å²) in [6.07, 6.45) is -0.892. The van der Waals surface area contributed by atoms with Gasteiger partial charge in [0.05, 0.1) is 0 Å². The number of benzene rings is 2. The molecule has 1 N–H and O–H groups in total. The molecule has 0 aromatic heterocycles. The zero-order valence-corrected chi connectivity index (χ0v) is 17.2. The lowest BCUT2D eigenvalue weighted by Gasteiger charge is -2.33. The van der Waals surface area contributed by atoms with E-state index in [1.807, 2.05) is 6.07 Å². The van der Waals surface area contributed by atoms with Crippen LogP contribution in [0.4, 0.5) is 4.79 Å². The van der Waals surface area contributed by atoms with Crippen molar-refractivity contribution < 1.29 is 19.0 Å². The van der Waals surface area contributed by atoms with E-state index in [0.29, 0.717) is 17.2 Å². The molecule has 0 spiro atoms. The molecule has 8 heteroatoms. The van der Waals surface area contributed by atoms with Crippen LogP contribution in [-0.4, -0.2) is 15.8 Å². The van der Waals surface area contributed by atoms with E-state index in [2.05, 4.69) is 26.1 Å². The third-order valence-electron chi connectivity index (χ3n) is 3.91. The lowest BCUT2D eigenvalue weighted by molar-refractivity contribution is -0.0964. The average molecular weight is 431 g/mol. The number of carbonyl (C=O) groups excluding carboxylic acids is 1. The van der Waals surface area contributed by atoms with Gasteiger partial charge in [-0.25, -0.2) is 10.1 Å². The molecule has 144 valence electrons. The number of nitrogens with one attached hydrogen (secondary N) is 1. The summed E-state index contributed by atoms with van der Waals surface area (Å²) in [6, 6.07) is 13.8. The van der Waals surface area contributed by atoms with Crippen molar-refractivity contribution in [2.24, 2.45) is 0 Å². The van der Waals surface area contributed by atoms with Crippen LogP contribution >= 0.6 is 34.8 Å². The Labute approximate surface area is 172 Å². The van der Waals surface area contributed by atoms with Gasteiger partial charge in [0.25, 0.3) is 3.79 Å². The van der Waals surface area contributed by atoms with E-state index in [1.54, 1.807) is 42.5 Å². The molecule has 27 heavy (non-hydrogen) atoms. The van der Waals surface area contributed by atoms with Gasteiger partial charge < -0.3 is 14.2 Å². The Hall–Kier alpha value is -1.82. The molecule has 0 fully saturated rings. The summed E-state index contributed by atoms with van der Waals surface area (Å²) in [5.41, 5.74) is 0.875. The van der Waals surface area contributed by atoms with Gasteiger partial charge in [-0.15, -0.1) is 0 Å². The molecule has 1 heterocycles. The molecular weight excluding hydrogens is 413 g/mol. The number of hydrogen-bond acceptors (Lipinski definition) is 4. The molecule has 0 aliphatic carbocycles. The predicted molar refractivity (Wildman–Crippen MR) is 105 cm³/mol. The SMILES string of the molecule is CC(C)(C)c1ccc2c(c1)O[C@](NC(=O)Oc1ccccc1)(C(Cl)(Cl)Cl)O2. The van der Waals surface area contributed by atoms with Crippen molar-refractivity contribution >= 4 is 40.9 Å². The fraction of sp³-hybridized carbons (Fsp3) is 0.316. The normalized spacial score (nSPS) is 18.9. The summed E-state index contributed by atoms with van der Waals surface area (Å²) in [5.74, 6) is -1.05. The molecule has 0 radical (unpaired) electrons. The highest BCUT2D eigenvalue weighted by Gasteiger charge is 2.60. The topological polar surface area (TPSA) is 56.8 Å². The fourth-order valence-corrected chi connectivity index (χ4v) is 2.84. The Morgan fingerprint density at radius 1 is 1.00 bits per heavy atom. The van der Waals surface area contributed by atoms with Gasteiger partial charge in [0.15, 0.2) is 11.5 Å². The second-order valence-electron chi connectivity index (χ2n) is 7.06. The lowest BCUT2D eigenvalue weighted by atomic mass is 9.87. The molecule has 5 nitrogen and oxygen atoms in total. The highest BCUT2D eigenvalue weighted by Crippen LogP contribution is 2.49. The maximum absolute atomic E-state index is 12.3. The number of fused-ring (bicyclic) bond motifs is 1. The molecule has 1 amide bonds. The highest BCUT2D eigenvalue weighted by atomic mass is 35.6. The van der Waals surface area contributed by atoms with Crippen molar-refractivity contribution in [3.05, 3.63) is 54.1 Å². The van der Waals surface area contributed by atoms with E-state index in [9.17, 15) is 4.79 Å². The molecule has 2 aromatic carbocycles. The van der Waals surface area contributed by atoms with E-state index in [0.717, 1.165) is 5.56 Å². The number of carbonyl (C=O) groups is 1. The van der Waals surface area contributed by atoms with E-state index in [-0.39, 0.29) is 5.41 Å². The number of hydrogen-bond donors (Lipinski definition) is 1. The summed E-state index contributed by atoms with van der Waals surface area (Å²) in [5, 5.41) is 2.38. The van der Waals surface area contributed by atoms with Gasteiger partial charge in [0.2, 0.25) is 0 Å². The number of ether oxygens (including phenoxy) is 3. The first kappa shape index (κ1) is 19.9. The van der Waals surface area contributed by atoms with Crippen molar-refractivity contribution in [3.8, 4) is 17.2 Å². The first-order valence-corrected chi connectivity index (χ1v) is 9.28. The molecule has 0 unspecified atom stereocenters. The number of rotatable bonds is 2. The minimum Gasteiger partial charge on any atom is -0.428 e. The van der Waals surface area contributed by atoms with Crippen LogP contribution in [0, 0.1) is 0 Å². The minimum absolute atomic E-state index is 0.122. The van der Waals surface area contributed by atoms with Gasteiger partial charge >= 0.3 is 12.0 Å². The lowest BCUT2D eigenvalue weighted by Crippen LogP contribution is -2.64. The van der Waals surface area contributed by atoms with Crippen molar-refractivity contribution in [2.45, 2.75) is 35.9 Å². The standard InChI is InChI=1S/C19H18Cl3NO4/c1-17(2,3)12-9-10-14-15(11-12)27-19(26-14,18(20,21)22)23-16(24)25-13-7-5-4-6-8-13/h4-11H,1-3H3,(H,23,24)/t19-/m0/s1. The van der Waals surface area contributed by atoms with Crippen LogP contribution in [0.25, 0.3) is 0 Å². The third-order valence-corrected chi connectivity index (χ3v) is 4.66. The zero-order chi connectivity index (χ0) is 19.9. The average Bonchev–Trinajstić information content (AvgIpc) is 2.93. The van der Waals surface area contributed by atoms with Crippen LogP contribution in [-0.2, 0) is 5.41 Å². The van der Waals surface area contributed by atoms with E-state index in [1.165, 1.54) is 0 Å². The number of halogens is 3. The summed E-state index contributed by atoms with van der Waals surface area (Å²) in [4.78, 5) is 12.3. The minimum atomic E-state index is -2.14. The number of alkyl halides is 3. The van der Waals surface area contributed by atoms with Gasteiger partial charge in [0, 0.05) is 0 Å². The summed E-state index contributed by atoms with van der Waals surface area (Å²) >= 11 is 18.2. The van der Waals surface area contributed by atoms with Crippen molar-refractivity contribution in [3.63, 3.8) is 0 Å². The highest BCUT2D eigenvalue weighted by molar-refractivity contribution is 6.68. The zero-order valence-electron chi connectivity index (χ0n) is 14.9. The van der Waals surface area contributed by atoms with Crippen LogP contribution in [0.2, 0.25) is 0 Å². The quantitative estimate of drug-likeness (QED) is 0.633. The molecular formula is C19H18Cl3NO4. The van der Waals surface area contributed by atoms with Crippen LogP contribution in [0.5, 0.6) is 17.2 Å². The Morgan fingerprint density at radius 3 is 2.22 bits per heavy atom. The molecule has 0 saturated heterocycles. The van der Waals surface area contributed by atoms with Crippen molar-refractivity contribution in [1.82, 2.24) is 5.32 Å². The maximum atomic E-state index is 12.3. The largest absolute Gasteiger partial charge is 0.428 e. The Balaban J connectivity index is 1.86. The van der Waals surface area contributed by atoms with Crippen LogP contribution < -0.4 is 19.5 Å². The maximum Gasteiger partial charge on any atom is 0.418 e. The Morgan fingerprint density at radius 2 is 1.63 bits per heavy atom. The van der Waals surface area contributed by atoms with Crippen molar-refractivity contribution in [1.29, 1.82) is 0 Å². The molecule has 2 aromatic rings. The number of amides is 1. The van der Waals surface area contributed by atoms with Crippen molar-refractivity contribution in [2.75, 3.05) is 0 Å². The van der Waals surface area contributed by atoms with E-state index >= 15 is 0 Å². The van der Waals surface area contributed by atoms with Crippen LogP contribution in [0.1, 0.15) is 26.3 Å². The Bertz CT molecular complexity index is 846. The molecule has 1 aliphatic heterocycles. The summed E-state index contributed by atoms with van der Waals surface area (Å²) in [7, 11) is 0.